The van der Waals surface area contributed by atoms with Crippen molar-refractivity contribution < 1.29 is 14.3 Å². The summed E-state index contributed by atoms with van der Waals surface area (Å²) in [5.74, 6) is -0.318. The molecule has 0 aliphatic rings. The van der Waals surface area contributed by atoms with Gasteiger partial charge >= 0.3 is 6.09 Å². The van der Waals surface area contributed by atoms with Gasteiger partial charge in [-0.1, -0.05) is 23.7 Å². The first-order valence-electron chi connectivity index (χ1n) is 6.53. The van der Waals surface area contributed by atoms with Gasteiger partial charge < -0.3 is 10.1 Å². The number of nitrogens with one attached hydrogen (secondary N) is 2. The van der Waals surface area contributed by atoms with Crippen molar-refractivity contribution in [1.29, 1.82) is 0 Å². The Morgan fingerprint density at radius 2 is 2.00 bits per heavy atom. The molecule has 1 heterocycles. The molecule has 22 heavy (non-hydrogen) atoms. The number of nitrogens with zero attached hydrogens (tertiary/aromatic N) is 1. The van der Waals surface area contributed by atoms with E-state index in [-0.39, 0.29) is 19.1 Å². The van der Waals surface area contributed by atoms with Crippen LogP contribution in [-0.4, -0.2) is 30.1 Å². The van der Waals surface area contributed by atoms with Gasteiger partial charge in [0.2, 0.25) is 0 Å². The number of benzene rings is 1. The molecule has 0 saturated carbocycles. The van der Waals surface area contributed by atoms with E-state index >= 15 is 0 Å². The molecule has 0 atom stereocenters. The standard InChI is InChI=1S/C15H14ClN3O3/c16-13-6-2-1-5-12(13)14(20)18-8-9-22-15(21)19-11-4-3-7-17-10-11/h1-7,10H,8-9H2,(H,18,20)(H,19,21). The number of pyridine rings is 1. The highest BCUT2D eigenvalue weighted by molar-refractivity contribution is 6.33. The lowest BCUT2D eigenvalue weighted by molar-refractivity contribution is 0.0938. The van der Waals surface area contributed by atoms with E-state index in [0.717, 1.165) is 0 Å². The summed E-state index contributed by atoms with van der Waals surface area (Å²) in [5.41, 5.74) is 0.914. The van der Waals surface area contributed by atoms with Crippen LogP contribution in [-0.2, 0) is 4.74 Å². The summed E-state index contributed by atoms with van der Waals surface area (Å²) in [6.45, 7) is 0.229. The average molecular weight is 320 g/mol. The van der Waals surface area contributed by atoms with Gasteiger partial charge in [0.1, 0.15) is 6.61 Å². The van der Waals surface area contributed by atoms with E-state index in [1.807, 2.05) is 0 Å². The fourth-order valence-corrected chi connectivity index (χ4v) is 1.86. The number of hydrogen-bond acceptors (Lipinski definition) is 4. The number of aromatic nitrogens is 1. The summed E-state index contributed by atoms with van der Waals surface area (Å²) in [5, 5.41) is 5.50. The number of rotatable bonds is 5. The largest absolute Gasteiger partial charge is 0.447 e. The lowest BCUT2D eigenvalue weighted by Gasteiger charge is -2.08. The molecule has 0 aliphatic heterocycles. The predicted molar refractivity (Wildman–Crippen MR) is 83.0 cm³/mol. The van der Waals surface area contributed by atoms with Gasteiger partial charge in [0, 0.05) is 6.20 Å². The quantitative estimate of drug-likeness (QED) is 0.830. The third-order valence-corrected chi connectivity index (χ3v) is 2.98. The zero-order valence-electron chi connectivity index (χ0n) is 11.6. The van der Waals surface area contributed by atoms with Crippen molar-refractivity contribution in [2.24, 2.45) is 0 Å². The summed E-state index contributed by atoms with van der Waals surface area (Å²) in [4.78, 5) is 27.2. The Morgan fingerprint density at radius 3 is 2.73 bits per heavy atom. The number of carbonyl (C=O) groups is 2. The van der Waals surface area contributed by atoms with Crippen molar-refractivity contribution in [2.75, 3.05) is 18.5 Å². The van der Waals surface area contributed by atoms with Crippen LogP contribution in [0.2, 0.25) is 5.02 Å². The SMILES string of the molecule is O=C(Nc1cccnc1)OCCNC(=O)c1ccccc1Cl. The molecule has 6 nitrogen and oxygen atoms in total. The summed E-state index contributed by atoms with van der Waals surface area (Å²) in [6, 6.07) is 10.1. The van der Waals surface area contributed by atoms with E-state index in [2.05, 4.69) is 15.6 Å². The number of ether oxygens (including phenoxy) is 1. The molecule has 114 valence electrons. The monoisotopic (exact) mass is 319 g/mol. The van der Waals surface area contributed by atoms with Crippen LogP contribution >= 0.6 is 11.6 Å². The molecule has 1 aromatic carbocycles. The van der Waals surface area contributed by atoms with Crippen LogP contribution in [0.4, 0.5) is 10.5 Å². The van der Waals surface area contributed by atoms with Gasteiger partial charge in [0.15, 0.2) is 0 Å². The number of amides is 2. The van der Waals surface area contributed by atoms with Gasteiger partial charge in [0.05, 0.1) is 29.0 Å². The van der Waals surface area contributed by atoms with Crippen molar-refractivity contribution in [3.8, 4) is 0 Å². The van der Waals surface area contributed by atoms with E-state index in [0.29, 0.717) is 16.3 Å². The highest BCUT2D eigenvalue weighted by Gasteiger charge is 2.09. The van der Waals surface area contributed by atoms with E-state index in [1.165, 1.54) is 6.20 Å². The van der Waals surface area contributed by atoms with Crippen LogP contribution in [0.1, 0.15) is 10.4 Å². The van der Waals surface area contributed by atoms with Crippen LogP contribution in [0.5, 0.6) is 0 Å². The first-order chi connectivity index (χ1) is 10.7. The van der Waals surface area contributed by atoms with E-state index < -0.39 is 6.09 Å². The molecule has 2 aromatic rings. The third-order valence-electron chi connectivity index (χ3n) is 2.65. The Balaban J connectivity index is 1.70. The van der Waals surface area contributed by atoms with Crippen LogP contribution in [0, 0.1) is 0 Å². The smallest absolute Gasteiger partial charge is 0.411 e. The van der Waals surface area contributed by atoms with Crippen LogP contribution in [0.25, 0.3) is 0 Å². The van der Waals surface area contributed by atoms with E-state index in [1.54, 1.807) is 42.6 Å². The maximum Gasteiger partial charge on any atom is 0.411 e. The molecule has 0 radical (unpaired) electrons. The zero-order valence-corrected chi connectivity index (χ0v) is 12.3. The molecule has 0 fully saturated rings. The van der Waals surface area contributed by atoms with Gasteiger partial charge in [0.25, 0.3) is 5.91 Å². The molecule has 0 spiro atoms. The number of hydrogen-bond donors (Lipinski definition) is 2. The van der Waals surface area contributed by atoms with Crippen molar-refractivity contribution in [1.82, 2.24) is 10.3 Å². The Kier molecular flexibility index (Phi) is 5.73. The first kappa shape index (κ1) is 15.8. The summed E-state index contributed by atoms with van der Waals surface area (Å²) in [6.07, 6.45) is 2.49. The molecule has 0 aliphatic carbocycles. The van der Waals surface area contributed by atoms with Crippen molar-refractivity contribution in [3.63, 3.8) is 0 Å². The maximum absolute atomic E-state index is 11.8. The fourth-order valence-electron chi connectivity index (χ4n) is 1.64. The van der Waals surface area contributed by atoms with Gasteiger partial charge in [-0.3, -0.25) is 15.1 Å². The van der Waals surface area contributed by atoms with Crippen molar-refractivity contribution in [2.45, 2.75) is 0 Å². The second-order valence-corrected chi connectivity index (χ2v) is 4.65. The van der Waals surface area contributed by atoms with Gasteiger partial charge in [-0.2, -0.15) is 0 Å². The van der Waals surface area contributed by atoms with Crippen molar-refractivity contribution in [3.05, 3.63) is 59.4 Å². The molecule has 0 saturated heterocycles. The van der Waals surface area contributed by atoms with Gasteiger partial charge in [-0.15, -0.1) is 0 Å². The predicted octanol–water partition coefficient (Wildman–Crippen LogP) is 2.71. The minimum Gasteiger partial charge on any atom is -0.447 e. The topological polar surface area (TPSA) is 80.3 Å². The van der Waals surface area contributed by atoms with Crippen molar-refractivity contribution >= 4 is 29.3 Å². The lowest BCUT2D eigenvalue weighted by atomic mass is 10.2. The number of anilines is 1. The minimum absolute atomic E-state index is 0.0439. The maximum atomic E-state index is 11.8. The molecule has 2 rings (SSSR count). The summed E-state index contributed by atoms with van der Waals surface area (Å²) >= 11 is 5.91. The molecular formula is C15H14ClN3O3. The van der Waals surface area contributed by atoms with E-state index in [4.69, 9.17) is 16.3 Å². The average Bonchev–Trinajstić information content (AvgIpc) is 2.53. The summed E-state index contributed by atoms with van der Waals surface area (Å²) in [7, 11) is 0. The first-order valence-corrected chi connectivity index (χ1v) is 6.91. The van der Waals surface area contributed by atoms with Gasteiger partial charge in [-0.05, 0) is 24.3 Å². The van der Waals surface area contributed by atoms with Gasteiger partial charge in [-0.25, -0.2) is 4.79 Å². The Bertz CT molecular complexity index is 649. The molecular weight excluding hydrogens is 306 g/mol. The third kappa shape index (κ3) is 4.75. The second kappa shape index (κ2) is 7.99. The zero-order chi connectivity index (χ0) is 15.8. The molecule has 2 N–H and O–H groups in total. The van der Waals surface area contributed by atoms with E-state index in [9.17, 15) is 9.59 Å². The molecule has 7 heteroatoms. The van der Waals surface area contributed by atoms with Crippen LogP contribution in [0.3, 0.4) is 0 Å². The lowest BCUT2D eigenvalue weighted by Crippen LogP contribution is -2.29. The normalized spacial score (nSPS) is 9.86. The van der Waals surface area contributed by atoms with Crippen LogP contribution in [0.15, 0.2) is 48.8 Å². The molecule has 1 aromatic heterocycles. The minimum atomic E-state index is -0.611. The Morgan fingerprint density at radius 1 is 1.18 bits per heavy atom. The highest BCUT2D eigenvalue weighted by atomic mass is 35.5. The highest BCUT2D eigenvalue weighted by Crippen LogP contribution is 2.14. The molecule has 0 bridgehead atoms. The number of carbonyl (C=O) groups excluding carboxylic acids is 2. The Hall–Kier alpha value is -2.60. The molecule has 0 unspecified atom stereocenters. The Labute approximate surface area is 132 Å². The second-order valence-electron chi connectivity index (χ2n) is 4.24. The summed E-state index contributed by atoms with van der Waals surface area (Å²) < 4.78 is 4.94. The number of halogens is 1. The van der Waals surface area contributed by atoms with Crippen LogP contribution < -0.4 is 10.6 Å². The fraction of sp³-hybridized carbons (Fsp3) is 0.133. The molecule has 2 amide bonds.